The van der Waals surface area contributed by atoms with Crippen molar-refractivity contribution in [2.24, 2.45) is 5.73 Å². The highest BCUT2D eigenvalue weighted by Crippen LogP contribution is 2.14. The Balaban J connectivity index is 2.72. The van der Waals surface area contributed by atoms with E-state index in [4.69, 9.17) is 10.8 Å². The summed E-state index contributed by atoms with van der Waals surface area (Å²) < 4.78 is 10.9. The molecule has 1 fully saturated rings. The van der Waals surface area contributed by atoms with Crippen LogP contribution in [0.3, 0.4) is 0 Å². The van der Waals surface area contributed by atoms with Gasteiger partial charge in [-0.25, -0.2) is 0 Å². The lowest BCUT2D eigenvalue weighted by atomic mass is 10.2. The largest absolute Gasteiger partial charge is 0.480 e. The first-order chi connectivity index (χ1) is 4.63. The maximum atomic E-state index is 10.9. The Morgan fingerprint density at radius 1 is 1.70 bits per heavy atom. The van der Waals surface area contributed by atoms with Gasteiger partial charge in [0.05, 0.1) is 0 Å². The molecule has 0 radical (unpaired) electrons. The molecule has 0 bridgehead atoms. The summed E-state index contributed by atoms with van der Waals surface area (Å²) in [4.78, 5) is 10.3. The topological polar surface area (TPSA) is 80.4 Å². The Bertz CT molecular complexity index is 182. The molecule has 3 atom stereocenters. The molecular weight excluding hydrogens is 154 g/mol. The van der Waals surface area contributed by atoms with Gasteiger partial charge in [-0.05, 0) is 6.42 Å². The normalized spacial score (nSPS) is 39.9. The fourth-order valence-corrected chi connectivity index (χ4v) is 2.53. The lowest BCUT2D eigenvalue weighted by Gasteiger charge is -2.06. The highest BCUT2D eigenvalue weighted by molar-refractivity contribution is 7.86. The molecule has 0 aliphatic carbocycles. The van der Waals surface area contributed by atoms with E-state index < -0.39 is 28.1 Å². The van der Waals surface area contributed by atoms with Crippen LogP contribution in [-0.2, 0) is 15.6 Å². The average Bonchev–Trinajstić information content (AvgIpc) is 2.11. The van der Waals surface area contributed by atoms with E-state index in [2.05, 4.69) is 0 Å². The zero-order valence-electron chi connectivity index (χ0n) is 5.32. The van der Waals surface area contributed by atoms with Crippen LogP contribution >= 0.6 is 0 Å². The highest BCUT2D eigenvalue weighted by Gasteiger charge is 2.36. The summed E-state index contributed by atoms with van der Waals surface area (Å²) in [6.07, 6.45) is 0.559. The van der Waals surface area contributed by atoms with Gasteiger partial charge in [-0.2, -0.15) is 0 Å². The van der Waals surface area contributed by atoms with Crippen molar-refractivity contribution in [2.45, 2.75) is 17.7 Å². The third-order valence-corrected chi connectivity index (χ3v) is 3.32. The molecule has 1 rings (SSSR count). The van der Waals surface area contributed by atoms with Crippen molar-refractivity contribution in [3.63, 3.8) is 0 Å². The van der Waals surface area contributed by atoms with Crippen LogP contribution in [0.5, 0.6) is 0 Å². The summed E-state index contributed by atoms with van der Waals surface area (Å²) >= 11 is 0. The molecule has 1 saturated heterocycles. The number of carboxylic acid groups (broad SMARTS) is 1. The maximum Gasteiger partial charge on any atom is 0.320 e. The zero-order valence-corrected chi connectivity index (χ0v) is 6.13. The lowest BCUT2D eigenvalue weighted by Crippen LogP contribution is -2.37. The number of hydrogen-bond acceptors (Lipinski definition) is 3. The minimum absolute atomic E-state index is 0.418. The van der Waals surface area contributed by atoms with Crippen molar-refractivity contribution in [3.8, 4) is 0 Å². The molecule has 5 heteroatoms. The van der Waals surface area contributed by atoms with Crippen LogP contribution in [0.25, 0.3) is 0 Å². The zero-order chi connectivity index (χ0) is 7.72. The van der Waals surface area contributed by atoms with Gasteiger partial charge in [0.2, 0.25) is 0 Å². The van der Waals surface area contributed by atoms with Crippen LogP contribution in [0.1, 0.15) is 6.42 Å². The summed E-state index contributed by atoms with van der Waals surface area (Å²) in [5.41, 5.74) is 5.40. The molecule has 0 aromatic rings. The molecule has 0 aromatic carbocycles. The Morgan fingerprint density at radius 3 is 2.50 bits per heavy atom. The predicted octanol–water partition coefficient (Wildman–Crippen LogP) is -1.08. The smallest absolute Gasteiger partial charge is 0.320 e. The van der Waals surface area contributed by atoms with Crippen molar-refractivity contribution in [1.29, 1.82) is 0 Å². The maximum absolute atomic E-state index is 10.9. The van der Waals surface area contributed by atoms with Crippen LogP contribution in [0.15, 0.2) is 0 Å². The molecule has 3 N–H and O–H groups in total. The van der Waals surface area contributed by atoms with Gasteiger partial charge in [-0.15, -0.1) is 0 Å². The van der Waals surface area contributed by atoms with Crippen LogP contribution < -0.4 is 5.73 Å². The van der Waals surface area contributed by atoms with Crippen molar-refractivity contribution >= 4 is 16.8 Å². The summed E-state index contributed by atoms with van der Waals surface area (Å²) in [6, 6.07) is -0.418. The highest BCUT2D eigenvalue weighted by atomic mass is 32.2. The quantitative estimate of drug-likeness (QED) is 0.515. The number of aliphatic carboxylic acids is 1. The molecule has 1 aliphatic heterocycles. The SMILES string of the molecule is N[C@@H]1CC[S@](=O)[C@@H]1C(=O)O. The van der Waals surface area contributed by atoms with Crippen molar-refractivity contribution in [1.82, 2.24) is 0 Å². The van der Waals surface area contributed by atoms with E-state index in [0.29, 0.717) is 12.2 Å². The van der Waals surface area contributed by atoms with Gasteiger partial charge in [-0.3, -0.25) is 9.00 Å². The van der Waals surface area contributed by atoms with E-state index in [1.165, 1.54) is 0 Å². The molecule has 1 heterocycles. The van der Waals surface area contributed by atoms with Crippen molar-refractivity contribution in [3.05, 3.63) is 0 Å². The van der Waals surface area contributed by atoms with Gasteiger partial charge >= 0.3 is 5.97 Å². The Labute approximate surface area is 60.9 Å². The van der Waals surface area contributed by atoms with E-state index in [9.17, 15) is 9.00 Å². The predicted molar refractivity (Wildman–Crippen MR) is 37.0 cm³/mol. The minimum Gasteiger partial charge on any atom is -0.480 e. The van der Waals surface area contributed by atoms with Gasteiger partial charge < -0.3 is 10.8 Å². The Hall–Kier alpha value is -0.420. The number of carbonyl (C=O) groups is 1. The average molecular weight is 163 g/mol. The van der Waals surface area contributed by atoms with Gasteiger partial charge in [0.25, 0.3) is 0 Å². The van der Waals surface area contributed by atoms with E-state index in [0.717, 1.165) is 0 Å². The third-order valence-electron chi connectivity index (χ3n) is 1.57. The van der Waals surface area contributed by atoms with Gasteiger partial charge in [0.15, 0.2) is 0 Å². The summed E-state index contributed by atoms with van der Waals surface area (Å²) in [5, 5.41) is 7.65. The monoisotopic (exact) mass is 163 g/mol. The molecule has 0 saturated carbocycles. The summed E-state index contributed by atoms with van der Waals surface area (Å²) in [7, 11) is -1.25. The van der Waals surface area contributed by atoms with Gasteiger partial charge in [0, 0.05) is 22.6 Å². The van der Waals surface area contributed by atoms with Crippen molar-refractivity contribution in [2.75, 3.05) is 5.75 Å². The number of carboxylic acids is 1. The fraction of sp³-hybridized carbons (Fsp3) is 0.800. The van der Waals surface area contributed by atoms with Crippen LogP contribution in [-0.4, -0.2) is 32.3 Å². The first-order valence-corrected chi connectivity index (χ1v) is 4.36. The molecule has 58 valence electrons. The molecular formula is C5H9NO3S. The van der Waals surface area contributed by atoms with Gasteiger partial charge in [-0.1, -0.05) is 0 Å². The van der Waals surface area contributed by atoms with Crippen LogP contribution in [0.4, 0.5) is 0 Å². The molecule has 1 aliphatic rings. The van der Waals surface area contributed by atoms with E-state index in [1.54, 1.807) is 0 Å². The first-order valence-electron chi connectivity index (χ1n) is 2.98. The van der Waals surface area contributed by atoms with Crippen LogP contribution in [0, 0.1) is 0 Å². The second-order valence-electron chi connectivity index (χ2n) is 2.30. The molecule has 4 nitrogen and oxygen atoms in total. The van der Waals surface area contributed by atoms with E-state index in [-0.39, 0.29) is 0 Å². The number of nitrogens with two attached hydrogens (primary N) is 1. The summed E-state index contributed by atoms with van der Waals surface area (Å²) in [5.74, 6) is -0.610. The third kappa shape index (κ3) is 1.19. The standard InChI is InChI=1S/C5H9NO3S/c6-3-1-2-10(9)4(3)5(7)8/h3-4H,1-2,6H2,(H,7,8)/t3-,4+,10+/m1/s1. The second-order valence-corrected chi connectivity index (χ2v) is 3.97. The van der Waals surface area contributed by atoms with E-state index in [1.807, 2.05) is 0 Å². The first kappa shape index (κ1) is 7.68. The minimum atomic E-state index is -1.25. The molecule has 0 aromatic heterocycles. The molecule has 0 amide bonds. The number of rotatable bonds is 1. The lowest BCUT2D eigenvalue weighted by molar-refractivity contribution is -0.136. The molecule has 0 spiro atoms. The molecule has 10 heavy (non-hydrogen) atoms. The Morgan fingerprint density at radius 2 is 2.30 bits per heavy atom. The summed E-state index contributed by atoms with van der Waals surface area (Å²) in [6.45, 7) is 0. The fourth-order valence-electron chi connectivity index (χ4n) is 1.02. The van der Waals surface area contributed by atoms with E-state index >= 15 is 0 Å². The molecule has 0 unspecified atom stereocenters. The van der Waals surface area contributed by atoms with Crippen molar-refractivity contribution < 1.29 is 14.1 Å². The van der Waals surface area contributed by atoms with Gasteiger partial charge in [0.1, 0.15) is 5.25 Å². The number of hydrogen-bond donors (Lipinski definition) is 2. The Kier molecular flexibility index (Phi) is 2.05. The second kappa shape index (κ2) is 2.67. The van der Waals surface area contributed by atoms with Crippen LogP contribution in [0.2, 0.25) is 0 Å².